The predicted molar refractivity (Wildman–Crippen MR) is 122 cm³/mol. The highest BCUT2D eigenvalue weighted by Gasteiger charge is 2.22. The van der Waals surface area contributed by atoms with Crippen molar-refractivity contribution in [1.82, 2.24) is 9.78 Å². The highest BCUT2D eigenvalue weighted by molar-refractivity contribution is 7.14. The van der Waals surface area contributed by atoms with E-state index in [4.69, 9.17) is 4.74 Å². The Hall–Kier alpha value is -2.93. The third-order valence-corrected chi connectivity index (χ3v) is 6.50. The van der Waals surface area contributed by atoms with Crippen LogP contribution in [-0.2, 0) is 27.8 Å². The quantitative estimate of drug-likeness (QED) is 0.576. The normalized spacial score (nSPS) is 13.5. The largest absolute Gasteiger partial charge is 0.451 e. The maximum atomic E-state index is 12.6. The number of amides is 1. The number of thiophene rings is 1. The van der Waals surface area contributed by atoms with Crippen molar-refractivity contribution in [2.45, 2.75) is 51.9 Å². The number of para-hydroxylation sites is 1. The molecule has 6 nitrogen and oxygen atoms in total. The van der Waals surface area contributed by atoms with E-state index in [1.165, 1.54) is 21.8 Å². The summed E-state index contributed by atoms with van der Waals surface area (Å²) in [4.78, 5) is 26.8. The number of carbonyl (C=O) groups excluding carboxylic acids is 2. The second-order valence-electron chi connectivity index (χ2n) is 8.80. The first-order valence-electron chi connectivity index (χ1n) is 10.6. The van der Waals surface area contributed by atoms with Gasteiger partial charge in [-0.25, -0.2) is 9.48 Å². The summed E-state index contributed by atoms with van der Waals surface area (Å²) in [7, 11) is 0. The molecule has 162 valence electrons. The molecule has 0 radical (unpaired) electrons. The Morgan fingerprint density at radius 1 is 1.13 bits per heavy atom. The molecule has 4 rings (SSSR count). The summed E-state index contributed by atoms with van der Waals surface area (Å²) >= 11 is 1.48. The molecule has 1 aromatic carbocycles. The van der Waals surface area contributed by atoms with E-state index in [2.05, 4.69) is 31.2 Å². The lowest BCUT2D eigenvalue weighted by molar-refractivity contribution is -0.119. The van der Waals surface area contributed by atoms with E-state index in [1.807, 2.05) is 42.5 Å². The van der Waals surface area contributed by atoms with E-state index in [0.717, 1.165) is 37.1 Å². The van der Waals surface area contributed by atoms with Gasteiger partial charge in [-0.1, -0.05) is 39.0 Å². The molecule has 1 N–H and O–H groups in total. The summed E-state index contributed by atoms with van der Waals surface area (Å²) in [6.45, 7) is 5.86. The highest BCUT2D eigenvalue weighted by atomic mass is 32.1. The van der Waals surface area contributed by atoms with Gasteiger partial charge in [0.25, 0.3) is 5.91 Å². The summed E-state index contributed by atoms with van der Waals surface area (Å²) < 4.78 is 6.99. The molecule has 0 saturated heterocycles. The molecule has 0 aliphatic heterocycles. The molecule has 2 aromatic heterocycles. The minimum atomic E-state index is -0.443. The molecule has 0 saturated carbocycles. The molecular formula is C24H27N3O3S. The first-order valence-corrected chi connectivity index (χ1v) is 11.4. The van der Waals surface area contributed by atoms with E-state index in [9.17, 15) is 9.59 Å². The number of esters is 1. The van der Waals surface area contributed by atoms with Crippen LogP contribution in [0.3, 0.4) is 0 Å². The van der Waals surface area contributed by atoms with E-state index in [1.54, 1.807) is 4.68 Å². The summed E-state index contributed by atoms with van der Waals surface area (Å²) in [6, 6.07) is 13.4. The Morgan fingerprint density at radius 2 is 1.87 bits per heavy atom. The number of ether oxygens (including phenoxy) is 1. The zero-order valence-electron chi connectivity index (χ0n) is 18.1. The van der Waals surface area contributed by atoms with Gasteiger partial charge in [-0.3, -0.25) is 4.79 Å². The SMILES string of the molecule is CC(C)(C)c1cc(NC(=O)COC(=O)c2cc3c(s2)CCCC3)n(-c2ccccc2)n1. The number of benzene rings is 1. The second kappa shape index (κ2) is 8.67. The van der Waals surface area contributed by atoms with Crippen LogP contribution in [0.1, 0.15) is 59.4 Å². The first kappa shape index (κ1) is 21.3. The van der Waals surface area contributed by atoms with Gasteiger partial charge in [-0.05, 0) is 49.4 Å². The molecule has 31 heavy (non-hydrogen) atoms. The molecule has 2 heterocycles. The molecule has 7 heteroatoms. The van der Waals surface area contributed by atoms with Crippen molar-refractivity contribution < 1.29 is 14.3 Å². The van der Waals surface area contributed by atoms with Crippen molar-refractivity contribution in [2.75, 3.05) is 11.9 Å². The van der Waals surface area contributed by atoms with Crippen LogP contribution >= 0.6 is 11.3 Å². The molecular weight excluding hydrogens is 410 g/mol. The highest BCUT2D eigenvalue weighted by Crippen LogP contribution is 2.30. The van der Waals surface area contributed by atoms with E-state index in [-0.39, 0.29) is 12.0 Å². The molecule has 0 atom stereocenters. The van der Waals surface area contributed by atoms with Crippen molar-refractivity contribution >= 4 is 29.0 Å². The Bertz CT molecular complexity index is 1070. The number of carbonyl (C=O) groups is 2. The Kier molecular flexibility index (Phi) is 5.96. The van der Waals surface area contributed by atoms with Crippen LogP contribution < -0.4 is 5.32 Å². The number of nitrogens with one attached hydrogen (secondary N) is 1. The molecule has 1 amide bonds. The Labute approximate surface area is 186 Å². The van der Waals surface area contributed by atoms with E-state index >= 15 is 0 Å². The number of anilines is 1. The van der Waals surface area contributed by atoms with Gasteiger partial charge in [-0.15, -0.1) is 11.3 Å². The van der Waals surface area contributed by atoms with Gasteiger partial charge in [0, 0.05) is 16.4 Å². The van der Waals surface area contributed by atoms with Gasteiger partial charge >= 0.3 is 5.97 Å². The third-order valence-electron chi connectivity index (χ3n) is 5.28. The van der Waals surface area contributed by atoms with Crippen molar-refractivity contribution in [2.24, 2.45) is 0 Å². The van der Waals surface area contributed by atoms with Crippen LogP contribution in [0.4, 0.5) is 5.82 Å². The number of fused-ring (bicyclic) bond motifs is 1. The van der Waals surface area contributed by atoms with Crippen molar-refractivity contribution in [3.05, 3.63) is 63.5 Å². The smallest absolute Gasteiger partial charge is 0.348 e. The molecule has 1 aliphatic rings. The zero-order chi connectivity index (χ0) is 22.0. The third kappa shape index (κ3) is 4.88. The van der Waals surface area contributed by atoms with Crippen molar-refractivity contribution in [3.63, 3.8) is 0 Å². The van der Waals surface area contributed by atoms with Crippen LogP contribution in [-0.4, -0.2) is 28.3 Å². The second-order valence-corrected chi connectivity index (χ2v) is 9.94. The lowest BCUT2D eigenvalue weighted by Crippen LogP contribution is -2.22. The number of aryl methyl sites for hydroxylation is 2. The maximum absolute atomic E-state index is 12.6. The Balaban J connectivity index is 1.45. The van der Waals surface area contributed by atoms with Crippen LogP contribution in [0.2, 0.25) is 0 Å². The maximum Gasteiger partial charge on any atom is 0.348 e. The van der Waals surface area contributed by atoms with Crippen molar-refractivity contribution in [1.29, 1.82) is 0 Å². The van der Waals surface area contributed by atoms with Gasteiger partial charge in [-0.2, -0.15) is 5.10 Å². The average molecular weight is 438 g/mol. The molecule has 0 spiro atoms. The van der Waals surface area contributed by atoms with Crippen LogP contribution in [0.5, 0.6) is 0 Å². The lowest BCUT2D eigenvalue weighted by atomic mass is 9.92. The van der Waals surface area contributed by atoms with Gasteiger partial charge in [0.05, 0.1) is 11.4 Å². The minimum Gasteiger partial charge on any atom is -0.451 e. The molecule has 0 unspecified atom stereocenters. The van der Waals surface area contributed by atoms with E-state index < -0.39 is 11.9 Å². The van der Waals surface area contributed by atoms with Gasteiger partial charge in [0.2, 0.25) is 0 Å². The minimum absolute atomic E-state index is 0.176. The fourth-order valence-electron chi connectivity index (χ4n) is 3.58. The summed E-state index contributed by atoms with van der Waals surface area (Å²) in [5.41, 5.74) is 2.76. The van der Waals surface area contributed by atoms with Gasteiger partial charge in [0.1, 0.15) is 10.7 Å². The van der Waals surface area contributed by atoms with Crippen LogP contribution in [0, 0.1) is 0 Å². The molecule has 3 aromatic rings. The number of rotatable bonds is 5. The number of aromatic nitrogens is 2. The van der Waals surface area contributed by atoms with Crippen molar-refractivity contribution in [3.8, 4) is 5.69 Å². The van der Waals surface area contributed by atoms with Crippen LogP contribution in [0.25, 0.3) is 5.69 Å². The fourth-order valence-corrected chi connectivity index (χ4v) is 4.72. The summed E-state index contributed by atoms with van der Waals surface area (Å²) in [5.74, 6) is -0.294. The van der Waals surface area contributed by atoms with Gasteiger partial charge < -0.3 is 10.1 Å². The predicted octanol–water partition coefficient (Wildman–Crippen LogP) is 4.91. The fraction of sp³-hybridized carbons (Fsp3) is 0.375. The first-order chi connectivity index (χ1) is 14.8. The summed E-state index contributed by atoms with van der Waals surface area (Å²) in [6.07, 6.45) is 4.36. The topological polar surface area (TPSA) is 73.2 Å². The molecule has 1 aliphatic carbocycles. The van der Waals surface area contributed by atoms with Crippen LogP contribution in [0.15, 0.2) is 42.5 Å². The molecule has 0 bridgehead atoms. The lowest BCUT2D eigenvalue weighted by Gasteiger charge is -2.14. The average Bonchev–Trinajstić information content (AvgIpc) is 3.37. The molecule has 0 fully saturated rings. The van der Waals surface area contributed by atoms with Gasteiger partial charge in [0.15, 0.2) is 6.61 Å². The standard InChI is InChI=1S/C24H27N3O3S/c1-24(2,3)20-14-21(27(26-20)17-10-5-4-6-11-17)25-22(28)15-30-23(29)19-13-16-9-7-8-12-18(16)31-19/h4-6,10-11,13-14H,7-9,12,15H2,1-3H3,(H,25,28). The van der Waals surface area contributed by atoms with E-state index in [0.29, 0.717) is 10.7 Å². The Morgan fingerprint density at radius 3 is 2.58 bits per heavy atom. The number of hydrogen-bond donors (Lipinski definition) is 1. The summed E-state index contributed by atoms with van der Waals surface area (Å²) in [5, 5.41) is 7.53. The monoisotopic (exact) mass is 437 g/mol. The number of nitrogens with zero attached hydrogens (tertiary/aromatic N) is 2. The zero-order valence-corrected chi connectivity index (χ0v) is 18.9. The number of hydrogen-bond acceptors (Lipinski definition) is 5.